The average Bonchev–Trinajstić information content (AvgIpc) is 2.52. The summed E-state index contributed by atoms with van der Waals surface area (Å²) in [4.78, 5) is 4.25. The van der Waals surface area contributed by atoms with Crippen molar-refractivity contribution >= 4 is 5.96 Å². The molecule has 2 rings (SSSR count). The second-order valence-corrected chi connectivity index (χ2v) is 5.79. The molecule has 0 amide bonds. The fourth-order valence-electron chi connectivity index (χ4n) is 2.79. The van der Waals surface area contributed by atoms with Crippen molar-refractivity contribution in [1.82, 2.24) is 10.6 Å². The van der Waals surface area contributed by atoms with Gasteiger partial charge in [0.15, 0.2) is 5.96 Å². The van der Waals surface area contributed by atoms with Gasteiger partial charge in [0.2, 0.25) is 0 Å². The van der Waals surface area contributed by atoms with Gasteiger partial charge in [0.25, 0.3) is 0 Å². The lowest BCUT2D eigenvalue weighted by Gasteiger charge is -2.22. The fourth-order valence-corrected chi connectivity index (χ4v) is 2.79. The van der Waals surface area contributed by atoms with Crippen molar-refractivity contribution in [3.05, 3.63) is 28.8 Å². The van der Waals surface area contributed by atoms with Crippen LogP contribution in [0.1, 0.15) is 49.8 Å². The summed E-state index contributed by atoms with van der Waals surface area (Å²) in [5, 5.41) is 16.8. The van der Waals surface area contributed by atoms with E-state index in [9.17, 15) is 5.11 Å². The monoisotopic (exact) mass is 289 g/mol. The molecule has 0 heterocycles. The minimum absolute atomic E-state index is 0.384. The SMILES string of the molecule is CCC(C)NC(=NC)NCc1c(O)ccc2c1CCCC2. The number of aromatic hydroxyl groups is 1. The van der Waals surface area contributed by atoms with E-state index in [1.54, 1.807) is 7.05 Å². The maximum absolute atomic E-state index is 10.2. The first-order valence-corrected chi connectivity index (χ1v) is 7.95. The lowest BCUT2D eigenvalue weighted by molar-refractivity contribution is 0.464. The van der Waals surface area contributed by atoms with Gasteiger partial charge in [-0.15, -0.1) is 0 Å². The molecule has 4 nitrogen and oxygen atoms in total. The zero-order valence-electron chi connectivity index (χ0n) is 13.4. The zero-order chi connectivity index (χ0) is 15.2. The molecule has 0 saturated heterocycles. The summed E-state index contributed by atoms with van der Waals surface area (Å²) in [6, 6.07) is 4.28. The zero-order valence-corrected chi connectivity index (χ0v) is 13.4. The van der Waals surface area contributed by atoms with Crippen LogP contribution in [0.15, 0.2) is 17.1 Å². The Morgan fingerprint density at radius 1 is 1.33 bits per heavy atom. The van der Waals surface area contributed by atoms with Crippen LogP contribution in [0.5, 0.6) is 5.75 Å². The highest BCUT2D eigenvalue weighted by atomic mass is 16.3. The number of benzene rings is 1. The van der Waals surface area contributed by atoms with Crippen LogP contribution in [-0.4, -0.2) is 24.2 Å². The van der Waals surface area contributed by atoms with Gasteiger partial charge >= 0.3 is 0 Å². The Labute approximate surface area is 127 Å². The van der Waals surface area contributed by atoms with E-state index in [-0.39, 0.29) is 0 Å². The van der Waals surface area contributed by atoms with Crippen molar-refractivity contribution in [3.8, 4) is 5.75 Å². The smallest absolute Gasteiger partial charge is 0.191 e. The highest BCUT2D eigenvalue weighted by Gasteiger charge is 2.16. The number of aliphatic imine (C=N–C) groups is 1. The minimum atomic E-state index is 0.384. The number of guanidine groups is 1. The number of rotatable bonds is 4. The standard InChI is InChI=1S/C17H27N3O/c1-4-12(2)20-17(18-3)19-11-15-14-8-6-5-7-13(14)9-10-16(15)21/h9-10,12,21H,4-8,11H2,1-3H3,(H2,18,19,20). The van der Waals surface area contributed by atoms with Crippen LogP contribution in [0, 0.1) is 0 Å². The molecule has 1 atom stereocenters. The van der Waals surface area contributed by atoms with Crippen LogP contribution in [-0.2, 0) is 19.4 Å². The summed E-state index contributed by atoms with van der Waals surface area (Å²) < 4.78 is 0. The highest BCUT2D eigenvalue weighted by molar-refractivity contribution is 5.80. The third kappa shape index (κ3) is 3.90. The van der Waals surface area contributed by atoms with Crippen LogP contribution in [0.25, 0.3) is 0 Å². The Morgan fingerprint density at radius 2 is 2.10 bits per heavy atom. The molecule has 0 bridgehead atoms. The predicted octanol–water partition coefficient (Wildman–Crippen LogP) is 2.73. The Bertz CT molecular complexity index is 511. The summed E-state index contributed by atoms with van der Waals surface area (Å²) in [5.74, 6) is 1.18. The van der Waals surface area contributed by atoms with Crippen molar-refractivity contribution in [2.24, 2.45) is 4.99 Å². The van der Waals surface area contributed by atoms with Gasteiger partial charge in [0, 0.05) is 25.2 Å². The third-order valence-corrected chi connectivity index (χ3v) is 4.28. The molecule has 0 aliphatic heterocycles. The van der Waals surface area contributed by atoms with Crippen molar-refractivity contribution in [3.63, 3.8) is 0 Å². The lowest BCUT2D eigenvalue weighted by atomic mass is 9.88. The topological polar surface area (TPSA) is 56.7 Å². The third-order valence-electron chi connectivity index (χ3n) is 4.28. The van der Waals surface area contributed by atoms with E-state index in [2.05, 4.69) is 35.5 Å². The molecule has 1 aliphatic carbocycles. The maximum atomic E-state index is 10.2. The minimum Gasteiger partial charge on any atom is -0.508 e. The van der Waals surface area contributed by atoms with Gasteiger partial charge in [0.1, 0.15) is 5.75 Å². The number of hydrogen-bond acceptors (Lipinski definition) is 2. The van der Waals surface area contributed by atoms with Crippen LogP contribution in [0.3, 0.4) is 0 Å². The number of nitrogens with zero attached hydrogens (tertiary/aromatic N) is 1. The van der Waals surface area contributed by atoms with Gasteiger partial charge < -0.3 is 15.7 Å². The first-order chi connectivity index (χ1) is 10.2. The number of nitrogens with one attached hydrogen (secondary N) is 2. The van der Waals surface area contributed by atoms with E-state index in [1.807, 2.05) is 6.07 Å². The molecule has 21 heavy (non-hydrogen) atoms. The van der Waals surface area contributed by atoms with E-state index in [1.165, 1.54) is 24.0 Å². The Balaban J connectivity index is 2.09. The average molecular weight is 289 g/mol. The molecule has 1 unspecified atom stereocenters. The Kier molecular flexibility index (Phi) is 5.48. The fraction of sp³-hybridized carbons (Fsp3) is 0.588. The molecule has 0 radical (unpaired) electrons. The summed E-state index contributed by atoms with van der Waals surface area (Å²) >= 11 is 0. The first kappa shape index (κ1) is 15.7. The van der Waals surface area contributed by atoms with Gasteiger partial charge in [-0.25, -0.2) is 0 Å². The quantitative estimate of drug-likeness (QED) is 0.590. The number of hydrogen-bond donors (Lipinski definition) is 3. The molecule has 4 heteroatoms. The summed E-state index contributed by atoms with van der Waals surface area (Å²) in [7, 11) is 1.78. The molecule has 0 saturated carbocycles. The largest absolute Gasteiger partial charge is 0.508 e. The first-order valence-electron chi connectivity index (χ1n) is 7.95. The summed E-state index contributed by atoms with van der Waals surface area (Å²) in [6.45, 7) is 4.89. The van der Waals surface area contributed by atoms with Crippen molar-refractivity contribution in [2.45, 2.75) is 58.5 Å². The van der Waals surface area contributed by atoms with Crippen molar-refractivity contribution in [1.29, 1.82) is 0 Å². The molecule has 116 valence electrons. The molecule has 0 fully saturated rings. The molecular weight excluding hydrogens is 262 g/mol. The lowest BCUT2D eigenvalue weighted by Crippen LogP contribution is -2.41. The molecule has 1 aromatic carbocycles. The number of fused-ring (bicyclic) bond motifs is 1. The van der Waals surface area contributed by atoms with Crippen LogP contribution < -0.4 is 10.6 Å². The molecular formula is C17H27N3O. The molecule has 0 aromatic heterocycles. The second kappa shape index (κ2) is 7.34. The molecule has 1 aliphatic rings. The Morgan fingerprint density at radius 3 is 2.81 bits per heavy atom. The number of aryl methyl sites for hydroxylation is 1. The summed E-state index contributed by atoms with van der Waals surface area (Å²) in [6.07, 6.45) is 5.71. The van der Waals surface area contributed by atoms with Crippen molar-refractivity contribution < 1.29 is 5.11 Å². The highest BCUT2D eigenvalue weighted by Crippen LogP contribution is 2.30. The Hall–Kier alpha value is -1.71. The molecule has 0 spiro atoms. The van der Waals surface area contributed by atoms with E-state index in [0.29, 0.717) is 18.3 Å². The van der Waals surface area contributed by atoms with Crippen LogP contribution >= 0.6 is 0 Å². The van der Waals surface area contributed by atoms with E-state index < -0.39 is 0 Å². The number of phenols is 1. The number of phenolic OH excluding ortho intramolecular Hbond substituents is 1. The van der Waals surface area contributed by atoms with Gasteiger partial charge in [-0.3, -0.25) is 4.99 Å². The van der Waals surface area contributed by atoms with Gasteiger partial charge in [-0.1, -0.05) is 13.0 Å². The van der Waals surface area contributed by atoms with E-state index in [0.717, 1.165) is 30.8 Å². The van der Waals surface area contributed by atoms with Gasteiger partial charge in [0.05, 0.1) is 0 Å². The van der Waals surface area contributed by atoms with Crippen LogP contribution in [0.4, 0.5) is 0 Å². The predicted molar refractivity (Wildman–Crippen MR) is 87.8 cm³/mol. The van der Waals surface area contributed by atoms with Crippen molar-refractivity contribution in [2.75, 3.05) is 7.05 Å². The van der Waals surface area contributed by atoms with E-state index in [4.69, 9.17) is 0 Å². The molecule has 1 aromatic rings. The maximum Gasteiger partial charge on any atom is 0.191 e. The van der Waals surface area contributed by atoms with E-state index >= 15 is 0 Å². The van der Waals surface area contributed by atoms with Gasteiger partial charge in [-0.2, -0.15) is 0 Å². The molecule has 3 N–H and O–H groups in total. The second-order valence-electron chi connectivity index (χ2n) is 5.79. The van der Waals surface area contributed by atoms with Crippen LogP contribution in [0.2, 0.25) is 0 Å². The van der Waals surface area contributed by atoms with Gasteiger partial charge in [-0.05, 0) is 56.2 Å². The normalized spacial score (nSPS) is 16.2. The summed E-state index contributed by atoms with van der Waals surface area (Å²) in [5.41, 5.74) is 3.74.